The van der Waals surface area contributed by atoms with Crippen LogP contribution in [0.25, 0.3) is 0 Å². The van der Waals surface area contributed by atoms with E-state index in [2.05, 4.69) is 38.5 Å². The molecule has 2 saturated carbocycles. The fraction of sp³-hybridized carbons (Fsp3) is 0.577. The van der Waals surface area contributed by atoms with Gasteiger partial charge in [-0.25, -0.2) is 0 Å². The molecule has 2 aliphatic carbocycles. The Balaban J connectivity index is 1.69. The number of aromatic nitrogens is 1. The van der Waals surface area contributed by atoms with Crippen LogP contribution < -0.4 is 32.7 Å². The molecule has 0 aromatic carbocycles. The predicted molar refractivity (Wildman–Crippen MR) is 147 cm³/mol. The van der Waals surface area contributed by atoms with Crippen LogP contribution in [0.4, 0.5) is 5.69 Å². The van der Waals surface area contributed by atoms with E-state index in [-0.39, 0.29) is 30.6 Å². The predicted octanol–water partition coefficient (Wildman–Crippen LogP) is 0.00107. The molecule has 2 aliphatic rings. The van der Waals surface area contributed by atoms with Crippen molar-refractivity contribution in [1.29, 1.82) is 5.41 Å². The minimum Gasteiger partial charge on any atom is -0.353 e. The Bertz CT molecular complexity index is 1270. The summed E-state index contributed by atoms with van der Waals surface area (Å²) in [5, 5.41) is 23.4. The number of nitrogens with zero attached hydrogens (tertiary/aromatic N) is 3. The highest BCUT2D eigenvalue weighted by Crippen LogP contribution is 2.42. The van der Waals surface area contributed by atoms with Crippen LogP contribution in [0.15, 0.2) is 33.5 Å². The van der Waals surface area contributed by atoms with E-state index in [1.807, 2.05) is 0 Å². The number of amides is 4. The van der Waals surface area contributed by atoms with Crippen LogP contribution in [-0.2, 0) is 30.5 Å². The van der Waals surface area contributed by atoms with Crippen molar-refractivity contribution >= 4 is 40.9 Å². The van der Waals surface area contributed by atoms with Gasteiger partial charge in [-0.2, -0.15) is 0 Å². The molecule has 222 valence electrons. The molecule has 15 heteroatoms. The van der Waals surface area contributed by atoms with Gasteiger partial charge in [0.25, 0.3) is 17.4 Å². The monoisotopic (exact) mass is 571 g/mol. The molecule has 0 saturated heterocycles. The fourth-order valence-corrected chi connectivity index (χ4v) is 5.76. The summed E-state index contributed by atoms with van der Waals surface area (Å²) < 4.78 is 1.17. The van der Waals surface area contributed by atoms with Gasteiger partial charge in [0.15, 0.2) is 0 Å². The minimum atomic E-state index is -1.42. The highest BCUT2D eigenvalue weighted by atomic mass is 16.2. The lowest BCUT2D eigenvalue weighted by atomic mass is 9.65. The normalized spacial score (nSPS) is 22.3. The van der Waals surface area contributed by atoms with Gasteiger partial charge in [0.2, 0.25) is 23.4 Å². The highest BCUT2D eigenvalue weighted by Gasteiger charge is 2.38. The second-order valence-corrected chi connectivity index (χ2v) is 10.6. The number of nitrogens with one attached hydrogen (secondary N) is 5. The lowest BCUT2D eigenvalue weighted by Crippen LogP contribution is -2.50. The first-order valence-electron chi connectivity index (χ1n) is 13.6. The fourth-order valence-electron chi connectivity index (χ4n) is 5.76. The van der Waals surface area contributed by atoms with E-state index in [1.54, 1.807) is 0 Å². The maximum absolute atomic E-state index is 13.1. The average Bonchev–Trinajstić information content (AvgIpc) is 2.94. The van der Waals surface area contributed by atoms with Crippen molar-refractivity contribution in [2.75, 3.05) is 12.4 Å². The maximum atomic E-state index is 13.1. The summed E-state index contributed by atoms with van der Waals surface area (Å²) in [6, 6.07) is 1.45. The molecular formula is C26H37N9O6. The maximum Gasteiger partial charge on any atom is 0.291 e. The number of carbonyl (C=O) groups is 5. The molecule has 2 fully saturated rings. The third-order valence-electron chi connectivity index (χ3n) is 7.70. The van der Waals surface area contributed by atoms with Gasteiger partial charge in [0, 0.05) is 25.7 Å². The number of Topliss-reactive ketones (excluding diaryl/α,β-unsaturated/α-hetero) is 1. The molecule has 0 radical (unpaired) electrons. The average molecular weight is 572 g/mol. The van der Waals surface area contributed by atoms with Crippen molar-refractivity contribution in [2.45, 2.75) is 70.5 Å². The van der Waals surface area contributed by atoms with Crippen molar-refractivity contribution in [3.63, 3.8) is 0 Å². The van der Waals surface area contributed by atoms with Gasteiger partial charge >= 0.3 is 0 Å². The zero-order valence-electron chi connectivity index (χ0n) is 23.1. The van der Waals surface area contributed by atoms with E-state index < -0.39 is 47.4 Å². The number of fused-ring (bicyclic) bond motifs is 2. The molecule has 0 spiro atoms. The van der Waals surface area contributed by atoms with E-state index in [1.165, 1.54) is 36.4 Å². The topological polar surface area (TPSA) is 230 Å². The first-order valence-corrected chi connectivity index (χ1v) is 13.6. The summed E-state index contributed by atoms with van der Waals surface area (Å²) >= 11 is 0. The molecule has 1 aromatic rings. The Labute approximate surface area is 236 Å². The summed E-state index contributed by atoms with van der Waals surface area (Å²) in [4.78, 5) is 74.8. The SMILES string of the molecule is CNC(=O)C(=O)CCC(NC(=O)C(=N)N=NN)C(=O)Nc1cccn(CC(=O)NC2C(C)CC3CCCC2C3)c1=O. The number of carbonyl (C=O) groups excluding carboxylic acids is 5. The van der Waals surface area contributed by atoms with Gasteiger partial charge in [-0.3, -0.25) is 34.2 Å². The van der Waals surface area contributed by atoms with Crippen molar-refractivity contribution < 1.29 is 24.0 Å². The quantitative estimate of drug-likeness (QED) is 0.0561. The highest BCUT2D eigenvalue weighted by molar-refractivity contribution is 6.37. The largest absolute Gasteiger partial charge is 0.353 e. The Kier molecular flexibility index (Phi) is 10.8. The molecule has 5 unspecified atom stereocenters. The second-order valence-electron chi connectivity index (χ2n) is 10.6. The van der Waals surface area contributed by atoms with Crippen molar-refractivity contribution in [1.82, 2.24) is 20.5 Å². The van der Waals surface area contributed by atoms with Gasteiger partial charge in [-0.05, 0) is 55.6 Å². The van der Waals surface area contributed by atoms with Gasteiger partial charge in [-0.15, -0.1) is 5.11 Å². The van der Waals surface area contributed by atoms with Gasteiger partial charge < -0.3 is 31.7 Å². The van der Waals surface area contributed by atoms with Crippen LogP contribution in [0.2, 0.25) is 0 Å². The Hall–Kier alpha value is -4.43. The molecule has 4 amide bonds. The Morgan fingerprint density at radius 1 is 1.17 bits per heavy atom. The molecule has 3 rings (SSSR count). The lowest BCUT2D eigenvalue weighted by Gasteiger charge is -2.44. The standard InChI is InChI=1S/C26H37N9O6/c1-14-11-15-5-3-6-16(12-15)21(14)32-20(37)13-35-10-4-7-18(26(35)41)31-23(38)17(8-9-19(36)24(39)29-2)30-25(40)22(27)33-34-28/h4,7,10,14-17,21H,3,5-6,8-9,11-13H2,1-2H3,(H,29,39)(H,30,40)(H,31,38)(H,32,37)(H3,27,28,33). The molecule has 5 atom stereocenters. The Morgan fingerprint density at radius 3 is 2.63 bits per heavy atom. The van der Waals surface area contributed by atoms with E-state index in [9.17, 15) is 28.8 Å². The van der Waals surface area contributed by atoms with E-state index in [4.69, 9.17) is 11.3 Å². The van der Waals surface area contributed by atoms with Crippen LogP contribution >= 0.6 is 0 Å². The molecule has 1 heterocycles. The zero-order valence-corrected chi connectivity index (χ0v) is 23.1. The van der Waals surface area contributed by atoms with Gasteiger partial charge in [-0.1, -0.05) is 25.0 Å². The summed E-state index contributed by atoms with van der Waals surface area (Å²) in [5.74, 6) is 1.43. The van der Waals surface area contributed by atoms with Crippen molar-refractivity contribution in [3.05, 3.63) is 28.7 Å². The number of hydrogen-bond donors (Lipinski definition) is 6. The zero-order chi connectivity index (χ0) is 30.1. The van der Waals surface area contributed by atoms with Crippen LogP contribution in [0.3, 0.4) is 0 Å². The van der Waals surface area contributed by atoms with Crippen LogP contribution in [0.1, 0.15) is 51.9 Å². The van der Waals surface area contributed by atoms with Crippen molar-refractivity contribution in [2.24, 2.45) is 33.9 Å². The van der Waals surface area contributed by atoms with Crippen molar-refractivity contribution in [3.8, 4) is 0 Å². The summed E-state index contributed by atoms with van der Waals surface area (Å²) in [5.41, 5.74) is -0.818. The summed E-state index contributed by atoms with van der Waals surface area (Å²) in [6.45, 7) is 1.90. The third kappa shape index (κ3) is 8.28. The number of likely N-dealkylation sites (N-methyl/N-ethyl adjacent to an activating group) is 1. The van der Waals surface area contributed by atoms with Gasteiger partial charge in [0.1, 0.15) is 18.3 Å². The number of anilines is 1. The molecule has 1 aromatic heterocycles. The molecule has 7 N–H and O–H groups in total. The lowest BCUT2D eigenvalue weighted by molar-refractivity contribution is -0.137. The number of ketones is 1. The minimum absolute atomic E-state index is 0.0528. The molecule has 0 aliphatic heterocycles. The van der Waals surface area contributed by atoms with Crippen LogP contribution in [0.5, 0.6) is 0 Å². The number of nitrogens with two attached hydrogens (primary N) is 1. The van der Waals surface area contributed by atoms with Crippen LogP contribution in [-0.4, -0.2) is 58.9 Å². The summed E-state index contributed by atoms with van der Waals surface area (Å²) in [7, 11) is 1.27. The van der Waals surface area contributed by atoms with E-state index in [0.717, 1.165) is 25.7 Å². The number of rotatable bonds is 10. The first kappa shape index (κ1) is 31.1. The van der Waals surface area contributed by atoms with E-state index >= 15 is 0 Å². The first-order chi connectivity index (χ1) is 19.5. The third-order valence-corrected chi connectivity index (χ3v) is 7.70. The summed E-state index contributed by atoms with van der Waals surface area (Å²) in [6.07, 6.45) is 6.36. The molecule has 41 heavy (non-hydrogen) atoms. The Morgan fingerprint density at radius 2 is 1.93 bits per heavy atom. The van der Waals surface area contributed by atoms with Crippen LogP contribution in [0, 0.1) is 23.2 Å². The number of pyridine rings is 1. The smallest absolute Gasteiger partial charge is 0.291 e. The molecule has 15 nitrogen and oxygen atoms in total. The number of amidine groups is 1. The second kappa shape index (κ2) is 14.3. The number of hydrogen-bond acceptors (Lipinski definition) is 8. The van der Waals surface area contributed by atoms with E-state index in [0.29, 0.717) is 17.8 Å². The van der Waals surface area contributed by atoms with Gasteiger partial charge in [0.05, 0.1) is 0 Å². The molecular weight excluding hydrogens is 534 g/mol. The molecule has 2 bridgehead atoms.